The van der Waals surface area contributed by atoms with Crippen LogP contribution in [0.15, 0.2) is 12.5 Å². The normalized spacial score (nSPS) is 15.3. The molecule has 1 aromatic rings. The Balaban J connectivity index is 2.89. The molecule has 1 N–H and O–H groups in total. The maximum absolute atomic E-state index is 11.2. The van der Waals surface area contributed by atoms with E-state index in [1.54, 1.807) is 32.2 Å². The molecule has 0 aliphatic heterocycles. The van der Waals surface area contributed by atoms with E-state index >= 15 is 0 Å². The minimum absolute atomic E-state index is 0.399. The monoisotopic (exact) mass is 211 g/mol. The van der Waals surface area contributed by atoms with E-state index in [0.717, 1.165) is 5.69 Å². The minimum Gasteiger partial charge on any atom is -0.480 e. The first-order valence-electron chi connectivity index (χ1n) is 4.74. The molecule has 0 aromatic carbocycles. The van der Waals surface area contributed by atoms with Crippen LogP contribution in [-0.4, -0.2) is 45.2 Å². The second-order valence-corrected chi connectivity index (χ2v) is 4.18. The molecule has 0 bridgehead atoms. The third-order valence-corrected chi connectivity index (χ3v) is 2.73. The summed E-state index contributed by atoms with van der Waals surface area (Å²) >= 11 is 0. The van der Waals surface area contributed by atoms with Crippen LogP contribution in [0, 0.1) is 0 Å². The number of imidazole rings is 1. The fourth-order valence-electron chi connectivity index (χ4n) is 1.34. The number of likely N-dealkylation sites (N-methyl/N-ethyl adjacent to an activating group) is 1. The average Bonchev–Trinajstić information content (AvgIpc) is 2.50. The first-order valence-corrected chi connectivity index (χ1v) is 4.74. The van der Waals surface area contributed by atoms with Crippen molar-refractivity contribution in [2.75, 3.05) is 14.1 Å². The molecule has 0 spiro atoms. The molecule has 1 heterocycles. The van der Waals surface area contributed by atoms with Crippen molar-refractivity contribution in [3.63, 3.8) is 0 Å². The first-order chi connectivity index (χ1) is 6.86. The van der Waals surface area contributed by atoms with Crippen LogP contribution < -0.4 is 0 Å². The highest BCUT2D eigenvalue weighted by Crippen LogP contribution is 2.17. The number of aromatic nitrogens is 2. The second kappa shape index (κ2) is 4.02. The van der Waals surface area contributed by atoms with Gasteiger partial charge in [0.1, 0.15) is 5.54 Å². The highest BCUT2D eigenvalue weighted by Gasteiger charge is 2.36. The molecular formula is C10H17N3O2. The highest BCUT2D eigenvalue weighted by atomic mass is 16.4. The van der Waals surface area contributed by atoms with Crippen LogP contribution >= 0.6 is 0 Å². The van der Waals surface area contributed by atoms with Crippen molar-refractivity contribution in [1.82, 2.24) is 14.5 Å². The van der Waals surface area contributed by atoms with Crippen LogP contribution in [0.2, 0.25) is 0 Å². The highest BCUT2D eigenvalue weighted by molar-refractivity contribution is 5.78. The Morgan fingerprint density at radius 2 is 2.27 bits per heavy atom. The zero-order chi connectivity index (χ0) is 11.6. The van der Waals surface area contributed by atoms with Gasteiger partial charge in [0.25, 0.3) is 0 Å². The lowest BCUT2D eigenvalue weighted by Crippen LogP contribution is -2.50. The molecule has 0 aliphatic rings. The van der Waals surface area contributed by atoms with Gasteiger partial charge in [0, 0.05) is 19.7 Å². The molecule has 1 rings (SSSR count). The van der Waals surface area contributed by atoms with Crippen molar-refractivity contribution < 1.29 is 9.90 Å². The summed E-state index contributed by atoms with van der Waals surface area (Å²) in [4.78, 5) is 17.0. The standard InChI is InChI=1S/C10H17N3O2/c1-10(9(14)15,12(2)3)5-8-6-13(4)7-11-8/h6-7H,5H2,1-4H3,(H,14,15)/t10-/m0/s1. The summed E-state index contributed by atoms with van der Waals surface area (Å²) < 4.78 is 1.81. The van der Waals surface area contributed by atoms with Crippen LogP contribution in [0.5, 0.6) is 0 Å². The quantitative estimate of drug-likeness (QED) is 0.781. The number of aryl methyl sites for hydroxylation is 1. The fraction of sp³-hybridized carbons (Fsp3) is 0.600. The van der Waals surface area contributed by atoms with Crippen molar-refractivity contribution in [2.45, 2.75) is 18.9 Å². The van der Waals surface area contributed by atoms with E-state index in [2.05, 4.69) is 4.98 Å². The zero-order valence-electron chi connectivity index (χ0n) is 9.56. The SMILES string of the molecule is CN(C)[C@@](C)(Cc1cn(C)cn1)C(=O)O. The summed E-state index contributed by atoms with van der Waals surface area (Å²) in [6.07, 6.45) is 3.91. The van der Waals surface area contributed by atoms with Gasteiger partial charge in [0.05, 0.1) is 12.0 Å². The molecule has 5 heteroatoms. The van der Waals surface area contributed by atoms with Crippen molar-refractivity contribution in [2.24, 2.45) is 7.05 Å². The molecule has 0 radical (unpaired) electrons. The molecular weight excluding hydrogens is 194 g/mol. The summed E-state index contributed by atoms with van der Waals surface area (Å²) in [7, 11) is 5.39. The number of nitrogens with zero attached hydrogens (tertiary/aromatic N) is 3. The van der Waals surface area contributed by atoms with Gasteiger partial charge in [-0.05, 0) is 21.0 Å². The fourth-order valence-corrected chi connectivity index (χ4v) is 1.34. The number of hydrogen-bond acceptors (Lipinski definition) is 3. The summed E-state index contributed by atoms with van der Waals surface area (Å²) in [5.41, 5.74) is -0.120. The van der Waals surface area contributed by atoms with Crippen molar-refractivity contribution >= 4 is 5.97 Å². The predicted molar refractivity (Wildman–Crippen MR) is 56.6 cm³/mol. The van der Waals surface area contributed by atoms with Crippen LogP contribution in [0.1, 0.15) is 12.6 Å². The average molecular weight is 211 g/mol. The van der Waals surface area contributed by atoms with Gasteiger partial charge in [0.15, 0.2) is 0 Å². The second-order valence-electron chi connectivity index (χ2n) is 4.18. The van der Waals surface area contributed by atoms with E-state index in [-0.39, 0.29) is 0 Å². The largest absolute Gasteiger partial charge is 0.480 e. The smallest absolute Gasteiger partial charge is 0.324 e. The summed E-state index contributed by atoms with van der Waals surface area (Å²) in [5, 5.41) is 9.19. The lowest BCUT2D eigenvalue weighted by molar-refractivity contribution is -0.148. The van der Waals surface area contributed by atoms with Gasteiger partial charge in [-0.3, -0.25) is 9.69 Å². The summed E-state index contributed by atoms with van der Waals surface area (Å²) in [6.45, 7) is 1.70. The third kappa shape index (κ3) is 2.36. The number of hydrogen-bond donors (Lipinski definition) is 1. The number of carboxylic acids is 1. The first kappa shape index (κ1) is 11.7. The van der Waals surface area contributed by atoms with Crippen molar-refractivity contribution in [3.8, 4) is 0 Å². The van der Waals surface area contributed by atoms with Gasteiger partial charge in [-0.2, -0.15) is 0 Å². The topological polar surface area (TPSA) is 58.4 Å². The molecule has 0 aliphatic carbocycles. The maximum Gasteiger partial charge on any atom is 0.324 e. The van der Waals surface area contributed by atoms with Gasteiger partial charge in [-0.15, -0.1) is 0 Å². The van der Waals surface area contributed by atoms with E-state index in [0.29, 0.717) is 6.42 Å². The van der Waals surface area contributed by atoms with Crippen LogP contribution in [-0.2, 0) is 18.3 Å². The lowest BCUT2D eigenvalue weighted by atomic mass is 9.95. The molecule has 0 amide bonds. The number of carboxylic acid groups (broad SMARTS) is 1. The van der Waals surface area contributed by atoms with Gasteiger partial charge >= 0.3 is 5.97 Å². The molecule has 1 aromatic heterocycles. The molecule has 0 saturated carbocycles. The van der Waals surface area contributed by atoms with Gasteiger partial charge < -0.3 is 9.67 Å². The van der Waals surface area contributed by atoms with E-state index in [4.69, 9.17) is 0 Å². The molecule has 84 valence electrons. The molecule has 0 fully saturated rings. The Morgan fingerprint density at radius 3 is 2.60 bits per heavy atom. The van der Waals surface area contributed by atoms with Gasteiger partial charge in [0.2, 0.25) is 0 Å². The molecule has 1 atom stereocenters. The van der Waals surface area contributed by atoms with Crippen LogP contribution in [0.3, 0.4) is 0 Å². The molecule has 15 heavy (non-hydrogen) atoms. The van der Waals surface area contributed by atoms with Crippen molar-refractivity contribution in [1.29, 1.82) is 0 Å². The van der Waals surface area contributed by atoms with Crippen LogP contribution in [0.4, 0.5) is 0 Å². The summed E-state index contributed by atoms with van der Waals surface area (Å²) in [5.74, 6) is -0.835. The molecule has 5 nitrogen and oxygen atoms in total. The predicted octanol–water partition coefficient (Wildman–Crippen LogP) is 0.367. The van der Waals surface area contributed by atoms with E-state index in [1.807, 2.05) is 17.8 Å². The minimum atomic E-state index is -0.908. The number of rotatable bonds is 4. The number of carbonyl (C=O) groups is 1. The number of aliphatic carboxylic acids is 1. The Bertz CT molecular complexity index is 359. The summed E-state index contributed by atoms with van der Waals surface area (Å²) in [6, 6.07) is 0. The van der Waals surface area contributed by atoms with E-state index in [1.165, 1.54) is 0 Å². The lowest BCUT2D eigenvalue weighted by Gasteiger charge is -2.31. The van der Waals surface area contributed by atoms with Crippen LogP contribution in [0.25, 0.3) is 0 Å². The Morgan fingerprint density at radius 1 is 1.67 bits per heavy atom. The Kier molecular flexibility index (Phi) is 3.14. The maximum atomic E-state index is 11.2. The molecule has 0 unspecified atom stereocenters. The third-order valence-electron chi connectivity index (χ3n) is 2.73. The van der Waals surface area contributed by atoms with E-state index in [9.17, 15) is 9.90 Å². The van der Waals surface area contributed by atoms with Gasteiger partial charge in [-0.25, -0.2) is 4.98 Å². The zero-order valence-corrected chi connectivity index (χ0v) is 9.56. The molecule has 0 saturated heterocycles. The van der Waals surface area contributed by atoms with Crippen molar-refractivity contribution in [3.05, 3.63) is 18.2 Å². The Hall–Kier alpha value is -1.36. The van der Waals surface area contributed by atoms with Gasteiger partial charge in [-0.1, -0.05) is 0 Å². The Labute approximate surface area is 89.3 Å². The van der Waals surface area contributed by atoms with E-state index < -0.39 is 11.5 Å².